The Kier molecular flexibility index (Phi) is 6.82. The van der Waals surface area contributed by atoms with Gasteiger partial charge in [-0.2, -0.15) is 0 Å². The minimum Gasteiger partial charge on any atom is -0.353 e. The SMILES string of the molecule is CC(C)NC(=O)C1(Cc2ccccc2-c2ccncc2)CCCN(C(=O)c2ccccn2)C1. The van der Waals surface area contributed by atoms with Crippen LogP contribution in [0, 0.1) is 5.41 Å². The summed E-state index contributed by atoms with van der Waals surface area (Å²) in [5.41, 5.74) is 2.95. The maximum absolute atomic E-state index is 13.6. The molecule has 3 aromatic rings. The minimum atomic E-state index is -0.712. The molecule has 4 rings (SSSR count). The maximum Gasteiger partial charge on any atom is 0.272 e. The highest BCUT2D eigenvalue weighted by atomic mass is 16.2. The van der Waals surface area contributed by atoms with E-state index in [2.05, 4.69) is 27.4 Å². The highest BCUT2D eigenvalue weighted by molar-refractivity contribution is 5.93. The Bertz CT molecular complexity index is 1100. The van der Waals surface area contributed by atoms with E-state index in [9.17, 15) is 9.59 Å². The first kappa shape index (κ1) is 22.6. The molecule has 1 saturated heterocycles. The summed E-state index contributed by atoms with van der Waals surface area (Å²) in [6.45, 7) is 4.93. The van der Waals surface area contributed by atoms with Crippen molar-refractivity contribution < 1.29 is 9.59 Å². The van der Waals surface area contributed by atoms with Crippen molar-refractivity contribution in [1.29, 1.82) is 0 Å². The third-order valence-corrected chi connectivity index (χ3v) is 6.19. The van der Waals surface area contributed by atoms with Crippen LogP contribution in [0.15, 0.2) is 73.2 Å². The van der Waals surface area contributed by atoms with Crippen molar-refractivity contribution in [2.75, 3.05) is 13.1 Å². The van der Waals surface area contributed by atoms with E-state index >= 15 is 0 Å². The van der Waals surface area contributed by atoms with Crippen molar-refractivity contribution in [3.05, 3.63) is 84.4 Å². The number of carbonyl (C=O) groups excluding carboxylic acids is 2. The number of pyridine rings is 2. The highest BCUT2D eigenvalue weighted by Crippen LogP contribution is 2.37. The van der Waals surface area contributed by atoms with Crippen LogP contribution >= 0.6 is 0 Å². The number of likely N-dealkylation sites (tertiary alicyclic amines) is 1. The summed E-state index contributed by atoms with van der Waals surface area (Å²) >= 11 is 0. The normalized spacial score (nSPS) is 18.2. The van der Waals surface area contributed by atoms with Gasteiger partial charge in [-0.15, -0.1) is 0 Å². The number of benzene rings is 1. The fraction of sp³-hybridized carbons (Fsp3) is 0.333. The predicted molar refractivity (Wildman–Crippen MR) is 128 cm³/mol. The second kappa shape index (κ2) is 9.94. The van der Waals surface area contributed by atoms with Gasteiger partial charge in [0.25, 0.3) is 5.91 Å². The molecule has 0 bridgehead atoms. The van der Waals surface area contributed by atoms with Crippen LogP contribution in [-0.2, 0) is 11.2 Å². The van der Waals surface area contributed by atoms with Crippen LogP contribution in [0.25, 0.3) is 11.1 Å². The monoisotopic (exact) mass is 442 g/mol. The summed E-state index contributed by atoms with van der Waals surface area (Å²) in [4.78, 5) is 37.0. The van der Waals surface area contributed by atoms with Gasteiger partial charge in [0, 0.05) is 37.7 Å². The molecule has 1 atom stereocenters. The lowest BCUT2D eigenvalue weighted by Gasteiger charge is -2.42. The predicted octanol–water partition coefficient (Wildman–Crippen LogP) is 4.13. The van der Waals surface area contributed by atoms with E-state index in [0.717, 1.165) is 29.5 Å². The Labute approximate surface area is 195 Å². The average Bonchev–Trinajstić information content (AvgIpc) is 2.85. The highest BCUT2D eigenvalue weighted by Gasteiger charge is 2.44. The molecule has 3 heterocycles. The van der Waals surface area contributed by atoms with Crippen LogP contribution in [0.4, 0.5) is 0 Å². The van der Waals surface area contributed by atoms with E-state index in [4.69, 9.17) is 0 Å². The van der Waals surface area contributed by atoms with E-state index in [-0.39, 0.29) is 17.9 Å². The summed E-state index contributed by atoms with van der Waals surface area (Å²) in [5, 5.41) is 3.13. The Balaban J connectivity index is 1.69. The molecule has 1 unspecified atom stereocenters. The van der Waals surface area contributed by atoms with Crippen LogP contribution in [0.3, 0.4) is 0 Å². The third kappa shape index (κ3) is 5.11. The number of nitrogens with zero attached hydrogens (tertiary/aromatic N) is 3. The largest absolute Gasteiger partial charge is 0.353 e. The molecular formula is C27H30N4O2. The second-order valence-electron chi connectivity index (χ2n) is 9.02. The Morgan fingerprint density at radius 3 is 2.52 bits per heavy atom. The van der Waals surface area contributed by atoms with Crippen molar-refractivity contribution >= 4 is 11.8 Å². The fourth-order valence-electron chi connectivity index (χ4n) is 4.63. The van der Waals surface area contributed by atoms with E-state index in [0.29, 0.717) is 25.2 Å². The van der Waals surface area contributed by atoms with Gasteiger partial charge in [-0.3, -0.25) is 19.6 Å². The van der Waals surface area contributed by atoms with Gasteiger partial charge in [0.1, 0.15) is 5.69 Å². The Hall–Kier alpha value is -3.54. The molecular weight excluding hydrogens is 412 g/mol. The smallest absolute Gasteiger partial charge is 0.272 e. The molecule has 1 aromatic carbocycles. The van der Waals surface area contributed by atoms with Gasteiger partial charge in [0.05, 0.1) is 5.41 Å². The summed E-state index contributed by atoms with van der Waals surface area (Å²) < 4.78 is 0. The number of piperidine rings is 1. The van der Waals surface area contributed by atoms with Gasteiger partial charge < -0.3 is 10.2 Å². The topological polar surface area (TPSA) is 75.2 Å². The molecule has 1 fully saturated rings. The molecule has 6 nitrogen and oxygen atoms in total. The summed E-state index contributed by atoms with van der Waals surface area (Å²) in [7, 11) is 0. The van der Waals surface area contributed by atoms with Gasteiger partial charge in [-0.1, -0.05) is 30.3 Å². The van der Waals surface area contributed by atoms with Gasteiger partial charge in [0.15, 0.2) is 0 Å². The standard InChI is InChI=1S/C27H30N4O2/c1-20(2)30-26(33)27(13-7-17-31(19-27)25(32)24-10-5-6-14-29-24)18-22-8-3-4-9-23(22)21-11-15-28-16-12-21/h3-6,8-12,14-16,20H,7,13,17-19H2,1-2H3,(H,30,33). The van der Waals surface area contributed by atoms with Crippen molar-refractivity contribution in [1.82, 2.24) is 20.2 Å². The second-order valence-corrected chi connectivity index (χ2v) is 9.02. The minimum absolute atomic E-state index is 0.000511. The van der Waals surface area contributed by atoms with Crippen molar-refractivity contribution in [2.45, 2.75) is 39.2 Å². The van der Waals surface area contributed by atoms with E-state index in [1.54, 1.807) is 35.6 Å². The van der Waals surface area contributed by atoms with Crippen LogP contribution in [0.5, 0.6) is 0 Å². The number of nitrogens with one attached hydrogen (secondary N) is 1. The molecule has 6 heteroatoms. The first-order chi connectivity index (χ1) is 16.0. The molecule has 170 valence electrons. The lowest BCUT2D eigenvalue weighted by atomic mass is 9.73. The van der Waals surface area contributed by atoms with Crippen LogP contribution in [-0.4, -0.2) is 45.8 Å². The molecule has 33 heavy (non-hydrogen) atoms. The summed E-state index contributed by atoms with van der Waals surface area (Å²) in [6.07, 6.45) is 7.23. The van der Waals surface area contributed by atoms with Crippen molar-refractivity contribution in [3.63, 3.8) is 0 Å². The molecule has 0 aliphatic carbocycles. The van der Waals surface area contributed by atoms with Crippen LogP contribution in [0.1, 0.15) is 42.7 Å². The molecule has 1 aliphatic heterocycles. The molecule has 0 radical (unpaired) electrons. The zero-order chi connectivity index (χ0) is 23.3. The lowest BCUT2D eigenvalue weighted by Crippen LogP contribution is -2.55. The molecule has 1 N–H and O–H groups in total. The van der Waals surface area contributed by atoms with E-state index in [1.165, 1.54) is 0 Å². The first-order valence-corrected chi connectivity index (χ1v) is 11.5. The van der Waals surface area contributed by atoms with Crippen LogP contribution in [0.2, 0.25) is 0 Å². The van der Waals surface area contributed by atoms with Crippen molar-refractivity contribution in [2.24, 2.45) is 5.41 Å². The zero-order valence-corrected chi connectivity index (χ0v) is 19.2. The number of carbonyl (C=O) groups is 2. The van der Waals surface area contributed by atoms with E-state index < -0.39 is 5.41 Å². The van der Waals surface area contributed by atoms with Gasteiger partial charge in [-0.05, 0) is 74.1 Å². The van der Waals surface area contributed by atoms with Gasteiger partial charge in [-0.25, -0.2) is 0 Å². The number of amides is 2. The Morgan fingerprint density at radius 2 is 1.79 bits per heavy atom. The first-order valence-electron chi connectivity index (χ1n) is 11.5. The number of hydrogen-bond donors (Lipinski definition) is 1. The molecule has 2 aromatic heterocycles. The third-order valence-electron chi connectivity index (χ3n) is 6.19. The summed E-state index contributed by atoms with van der Waals surface area (Å²) in [5.74, 6) is -0.125. The lowest BCUT2D eigenvalue weighted by molar-refractivity contribution is -0.134. The Morgan fingerprint density at radius 1 is 1.03 bits per heavy atom. The summed E-state index contributed by atoms with van der Waals surface area (Å²) in [6, 6.07) is 17.5. The fourth-order valence-corrected chi connectivity index (χ4v) is 4.63. The maximum atomic E-state index is 13.6. The van der Waals surface area contributed by atoms with Gasteiger partial charge in [0.2, 0.25) is 5.91 Å². The quantitative estimate of drug-likeness (QED) is 0.623. The molecule has 1 aliphatic rings. The number of rotatable bonds is 6. The van der Waals surface area contributed by atoms with Gasteiger partial charge >= 0.3 is 0 Å². The van der Waals surface area contributed by atoms with E-state index in [1.807, 2.05) is 44.2 Å². The van der Waals surface area contributed by atoms with Crippen molar-refractivity contribution in [3.8, 4) is 11.1 Å². The molecule has 0 spiro atoms. The number of aromatic nitrogens is 2. The number of hydrogen-bond acceptors (Lipinski definition) is 4. The molecule has 2 amide bonds. The average molecular weight is 443 g/mol. The zero-order valence-electron chi connectivity index (χ0n) is 19.2. The molecule has 0 saturated carbocycles. The van der Waals surface area contributed by atoms with Crippen LogP contribution < -0.4 is 5.32 Å².